The van der Waals surface area contributed by atoms with Gasteiger partial charge in [-0.3, -0.25) is 19.9 Å². The molecule has 11 rings (SSSR count). The zero-order chi connectivity index (χ0) is 40.5. The summed E-state index contributed by atoms with van der Waals surface area (Å²) >= 11 is 1.50. The van der Waals surface area contributed by atoms with Crippen molar-refractivity contribution < 1.29 is 48.2 Å². The Morgan fingerprint density at radius 1 is 1.07 bits per heavy atom. The van der Waals surface area contributed by atoms with Crippen molar-refractivity contribution in [3.05, 3.63) is 68.9 Å². The lowest BCUT2D eigenvalue weighted by atomic mass is 9.73. The number of aryl methyl sites for hydroxylation is 1. The Hall–Kier alpha value is -4.71. The van der Waals surface area contributed by atoms with Gasteiger partial charge in [-0.15, -0.1) is 11.8 Å². The molecule has 3 aromatic carbocycles. The van der Waals surface area contributed by atoms with Crippen LogP contribution in [0.15, 0.2) is 24.3 Å². The lowest BCUT2D eigenvalue weighted by Crippen LogP contribution is -2.70. The molecule has 4 aromatic rings. The summed E-state index contributed by atoms with van der Waals surface area (Å²) in [5.74, 6) is 1.51. The maximum atomic E-state index is 15.1. The number of carbonyl (C=O) groups excluding carboxylic acids is 2. The largest absolute Gasteiger partial charge is 0.504 e. The molecular formula is C42H47N5O10S. The number of hydrogen-bond donors (Lipinski definition) is 5. The van der Waals surface area contributed by atoms with Crippen molar-refractivity contribution in [3.8, 4) is 34.5 Å². The molecule has 8 heterocycles. The summed E-state index contributed by atoms with van der Waals surface area (Å²) in [6, 6.07) is 5.33. The number of phenolic OH excluding ortho intramolecular Hbond substituents is 1. The number of carbonyl (C=O) groups is 2. The minimum atomic E-state index is -1.39. The van der Waals surface area contributed by atoms with Gasteiger partial charge in [-0.1, -0.05) is 6.07 Å². The molecule has 8 atom stereocenters. The second kappa shape index (κ2) is 13.4. The lowest BCUT2D eigenvalue weighted by Gasteiger charge is -2.62. The first kappa shape index (κ1) is 37.6. The number of rotatable bonds is 4. The molecule has 1 spiro atoms. The Morgan fingerprint density at radius 3 is 2.60 bits per heavy atom. The number of nitrogens with two attached hydrogens (primary N) is 1. The molecule has 0 aliphatic carbocycles. The molecule has 7 aliphatic rings. The summed E-state index contributed by atoms with van der Waals surface area (Å²) < 4.78 is 36.4. The third-order valence-corrected chi connectivity index (χ3v) is 14.8. The minimum Gasteiger partial charge on any atom is -0.504 e. The van der Waals surface area contributed by atoms with Crippen molar-refractivity contribution in [3.63, 3.8) is 0 Å². The predicted octanol–water partition coefficient (Wildman–Crippen LogP) is 3.52. The number of aromatic amines is 1. The molecule has 0 amide bonds. The van der Waals surface area contributed by atoms with Crippen molar-refractivity contribution in [2.24, 2.45) is 5.73 Å². The number of aliphatic hydroxyl groups is 1. The van der Waals surface area contributed by atoms with E-state index >= 15 is 4.79 Å². The van der Waals surface area contributed by atoms with Crippen LogP contribution in [0.1, 0.15) is 68.9 Å². The number of benzene rings is 3. The van der Waals surface area contributed by atoms with Crippen molar-refractivity contribution >= 4 is 34.6 Å². The highest BCUT2D eigenvalue weighted by Crippen LogP contribution is 2.64. The third-order valence-electron chi connectivity index (χ3n) is 13.3. The molecule has 4 bridgehead atoms. The number of ether oxygens (including phenoxy) is 6. The van der Waals surface area contributed by atoms with Crippen molar-refractivity contribution in [2.75, 3.05) is 47.0 Å². The average Bonchev–Trinajstić information content (AvgIpc) is 3.85. The summed E-state index contributed by atoms with van der Waals surface area (Å²) in [4.78, 5) is 35.9. The van der Waals surface area contributed by atoms with E-state index in [2.05, 4.69) is 15.2 Å². The van der Waals surface area contributed by atoms with Gasteiger partial charge in [-0.25, -0.2) is 4.79 Å². The topological polar surface area (TPSA) is 190 Å². The van der Waals surface area contributed by atoms with Crippen LogP contribution in [0, 0.1) is 13.8 Å². The first-order valence-corrected chi connectivity index (χ1v) is 20.6. The van der Waals surface area contributed by atoms with Crippen LogP contribution in [0.25, 0.3) is 10.9 Å². The number of piperazine rings is 1. The van der Waals surface area contributed by atoms with Gasteiger partial charge in [-0.2, -0.15) is 0 Å². The third kappa shape index (κ3) is 5.05. The number of H-pyrrole nitrogens is 1. The van der Waals surface area contributed by atoms with E-state index in [0.717, 1.165) is 27.6 Å². The predicted molar refractivity (Wildman–Crippen MR) is 213 cm³/mol. The van der Waals surface area contributed by atoms with Gasteiger partial charge >= 0.3 is 11.9 Å². The molecule has 0 unspecified atom stereocenters. The summed E-state index contributed by atoms with van der Waals surface area (Å²) in [5, 5.41) is 28.8. The number of fused-ring (bicyclic) bond motifs is 11. The molecular weight excluding hydrogens is 767 g/mol. The normalized spacial score (nSPS) is 29.7. The number of phenols is 1. The minimum absolute atomic E-state index is 0.0465. The van der Waals surface area contributed by atoms with Crippen molar-refractivity contribution in [1.29, 1.82) is 0 Å². The molecule has 15 nitrogen and oxygen atoms in total. The van der Waals surface area contributed by atoms with Crippen LogP contribution < -0.4 is 34.7 Å². The number of aromatic nitrogens is 1. The quantitative estimate of drug-likeness (QED) is 0.149. The van der Waals surface area contributed by atoms with Gasteiger partial charge in [0.15, 0.2) is 28.5 Å². The maximum absolute atomic E-state index is 15.1. The van der Waals surface area contributed by atoms with Crippen LogP contribution in [-0.2, 0) is 32.7 Å². The molecule has 0 saturated carbocycles. The molecule has 58 heavy (non-hydrogen) atoms. The molecule has 2 saturated heterocycles. The average molecular weight is 814 g/mol. The Labute approximate surface area is 339 Å². The van der Waals surface area contributed by atoms with Crippen LogP contribution in [0.5, 0.6) is 34.5 Å². The Morgan fingerprint density at radius 2 is 1.86 bits per heavy atom. The number of aliphatic hydroxyl groups excluding tert-OH is 1. The van der Waals surface area contributed by atoms with Crippen molar-refractivity contribution in [1.82, 2.24) is 20.1 Å². The summed E-state index contributed by atoms with van der Waals surface area (Å²) in [7, 11) is 5.14. The van der Waals surface area contributed by atoms with Gasteiger partial charge in [-0.05, 0) is 68.6 Å². The Balaban J connectivity index is 1.24. The van der Waals surface area contributed by atoms with E-state index in [4.69, 9.17) is 34.2 Å². The number of nitrogens with one attached hydrogen (secondary N) is 2. The first-order chi connectivity index (χ1) is 27.9. The summed E-state index contributed by atoms with van der Waals surface area (Å²) in [5.41, 5.74) is 11.9. The van der Waals surface area contributed by atoms with Gasteiger partial charge in [0, 0.05) is 64.5 Å². The highest BCUT2D eigenvalue weighted by molar-refractivity contribution is 7.99. The number of hydrogen-bond acceptors (Lipinski definition) is 15. The highest BCUT2D eigenvalue weighted by atomic mass is 32.2. The van der Waals surface area contributed by atoms with E-state index in [9.17, 15) is 15.0 Å². The zero-order valence-corrected chi connectivity index (χ0v) is 34.0. The first-order valence-electron chi connectivity index (χ1n) is 19.6. The highest BCUT2D eigenvalue weighted by Gasteiger charge is 2.62. The molecule has 7 aliphatic heterocycles. The van der Waals surface area contributed by atoms with Gasteiger partial charge in [0.2, 0.25) is 6.79 Å². The summed E-state index contributed by atoms with van der Waals surface area (Å²) in [6.07, 6.45) is -0.0202. The molecule has 2 fully saturated rings. The van der Waals surface area contributed by atoms with Crippen LogP contribution in [0.4, 0.5) is 0 Å². The standard InChI is InChI=1S/C42H47N5O10S/c1-17-9-20-10-26-40(50)47-27-14-54-41(51)42(39-24(11-21(13-43)45-42)23-12-22(52-5)7-8-25(23)44-39)15-58-38(32(47)31(46(26)4)28(20)33(49)34(17)53-6)30-29(27)37-36(55-16-56-37)18(2)35(30)57-19(3)48/h7-9,12,21,26-27,31-32,38,40,44-45,49-50H,10-11,13-16,43H2,1-6H3/t21-,26-,27-,31+,32+,38+,40-,42+/m0/s1. The van der Waals surface area contributed by atoms with Gasteiger partial charge in [0.1, 0.15) is 24.3 Å². The van der Waals surface area contributed by atoms with E-state index in [1.165, 1.54) is 18.7 Å². The number of methoxy groups -OCH3 is 2. The van der Waals surface area contributed by atoms with Crippen LogP contribution in [-0.4, -0.2) is 108 Å². The second-order valence-electron chi connectivity index (χ2n) is 16.2. The fraction of sp³-hybridized carbons (Fsp3) is 0.476. The number of aromatic hydroxyl groups is 1. The fourth-order valence-corrected chi connectivity index (χ4v) is 12.5. The maximum Gasteiger partial charge on any atom is 0.333 e. The summed E-state index contributed by atoms with van der Waals surface area (Å²) in [6.45, 7) is 5.13. The van der Waals surface area contributed by atoms with E-state index in [1.54, 1.807) is 14.2 Å². The van der Waals surface area contributed by atoms with E-state index < -0.39 is 47.1 Å². The molecule has 6 N–H and O–H groups in total. The number of likely N-dealkylation sites (N-methyl/N-ethyl adjacent to an activating group) is 1. The Bertz CT molecular complexity index is 2420. The smallest absolute Gasteiger partial charge is 0.333 e. The SMILES string of the molecule is COc1ccc2[nH]c3c(c2c1)C[C@@H](CN)N[C@]31CS[C@@H]2c3c(OC(C)=O)c(C)c4c(c3[C@H](COC1=O)N1[C@@H]2[C@H]2c3c(cc(C)c(OC)c3O)C[C@@H]([C@@H]1O)N2C)OCO4. The fourth-order valence-electron chi connectivity index (χ4n) is 10.9. The van der Waals surface area contributed by atoms with Gasteiger partial charge in [0.25, 0.3) is 0 Å². The van der Waals surface area contributed by atoms with Gasteiger partial charge < -0.3 is 49.4 Å². The molecule has 16 heteroatoms. The number of nitrogens with zero attached hydrogens (tertiary/aromatic N) is 2. The monoisotopic (exact) mass is 813 g/mol. The van der Waals surface area contributed by atoms with E-state index in [-0.39, 0.29) is 43.5 Å². The Kier molecular flexibility index (Phi) is 8.68. The van der Waals surface area contributed by atoms with Crippen LogP contribution in [0.3, 0.4) is 0 Å². The van der Waals surface area contributed by atoms with E-state index in [0.29, 0.717) is 69.5 Å². The van der Waals surface area contributed by atoms with Gasteiger partial charge in [0.05, 0.1) is 43.3 Å². The lowest BCUT2D eigenvalue weighted by molar-refractivity contribution is -0.186. The van der Waals surface area contributed by atoms with Crippen LogP contribution in [0.2, 0.25) is 0 Å². The molecule has 1 aromatic heterocycles. The van der Waals surface area contributed by atoms with Crippen LogP contribution >= 0.6 is 11.8 Å². The zero-order valence-electron chi connectivity index (χ0n) is 33.1. The van der Waals surface area contributed by atoms with E-state index in [1.807, 2.05) is 50.1 Å². The second-order valence-corrected chi connectivity index (χ2v) is 17.4. The number of thioether (sulfide) groups is 1. The molecule has 306 valence electrons. The van der Waals surface area contributed by atoms with Crippen molar-refractivity contribution in [2.45, 2.75) is 80.8 Å². The number of esters is 2. The molecule has 0 radical (unpaired) electrons.